The highest BCUT2D eigenvalue weighted by atomic mass is 32.2. The molecular weight excluding hydrogens is 442 g/mol. The standard InChI is InChI=1S/C24H31N3O5S/c1-4-15-32-20-9-7-19(8-10-20)24(28)25-22-18-21(33(29,30)27(5-2)6-3)11-12-23(22)26-13-16-31-17-14-26/h4,7-12,18H,1,5-6,13-17H2,2-3H3,(H,25,28). The van der Waals surface area contributed by atoms with Crippen molar-refractivity contribution >= 4 is 27.3 Å². The van der Waals surface area contributed by atoms with Crippen molar-refractivity contribution in [1.82, 2.24) is 4.31 Å². The van der Waals surface area contributed by atoms with Gasteiger partial charge in [0.15, 0.2) is 0 Å². The maximum absolute atomic E-state index is 13.1. The van der Waals surface area contributed by atoms with Gasteiger partial charge < -0.3 is 19.7 Å². The van der Waals surface area contributed by atoms with Gasteiger partial charge in [0.25, 0.3) is 5.91 Å². The van der Waals surface area contributed by atoms with Gasteiger partial charge in [-0.05, 0) is 42.5 Å². The van der Waals surface area contributed by atoms with Crippen molar-refractivity contribution in [1.29, 1.82) is 0 Å². The van der Waals surface area contributed by atoms with E-state index in [1.54, 1.807) is 56.3 Å². The number of amides is 1. The van der Waals surface area contributed by atoms with Gasteiger partial charge >= 0.3 is 0 Å². The number of hydrogen-bond acceptors (Lipinski definition) is 6. The van der Waals surface area contributed by atoms with E-state index in [4.69, 9.17) is 9.47 Å². The van der Waals surface area contributed by atoms with Crippen LogP contribution in [0.4, 0.5) is 11.4 Å². The van der Waals surface area contributed by atoms with E-state index in [1.165, 1.54) is 10.4 Å². The minimum absolute atomic E-state index is 0.145. The van der Waals surface area contributed by atoms with Crippen LogP contribution in [0.2, 0.25) is 0 Å². The van der Waals surface area contributed by atoms with Crippen molar-refractivity contribution < 1.29 is 22.7 Å². The molecular formula is C24H31N3O5S. The topological polar surface area (TPSA) is 88.2 Å². The molecule has 0 radical (unpaired) electrons. The molecule has 0 aliphatic carbocycles. The van der Waals surface area contributed by atoms with Gasteiger partial charge in [-0.25, -0.2) is 8.42 Å². The third kappa shape index (κ3) is 5.93. The molecule has 0 spiro atoms. The summed E-state index contributed by atoms with van der Waals surface area (Å²) < 4.78 is 38.4. The Bertz CT molecular complexity index is 1060. The third-order valence-electron chi connectivity index (χ3n) is 5.40. The summed E-state index contributed by atoms with van der Waals surface area (Å²) in [5, 5.41) is 2.91. The van der Waals surface area contributed by atoms with Gasteiger partial charge in [0.05, 0.1) is 29.5 Å². The van der Waals surface area contributed by atoms with Crippen LogP contribution in [-0.2, 0) is 14.8 Å². The first-order chi connectivity index (χ1) is 15.9. The third-order valence-corrected chi connectivity index (χ3v) is 7.44. The molecule has 3 rings (SSSR count). The number of morpholine rings is 1. The normalized spacial score (nSPS) is 14.2. The lowest BCUT2D eigenvalue weighted by Crippen LogP contribution is -2.37. The van der Waals surface area contributed by atoms with Crippen molar-refractivity contribution in [3.63, 3.8) is 0 Å². The second-order valence-corrected chi connectivity index (χ2v) is 9.38. The first-order valence-electron chi connectivity index (χ1n) is 11.0. The molecule has 0 bridgehead atoms. The maximum atomic E-state index is 13.1. The van der Waals surface area contributed by atoms with Crippen LogP contribution >= 0.6 is 0 Å². The second kappa shape index (κ2) is 11.3. The lowest BCUT2D eigenvalue weighted by atomic mass is 10.1. The van der Waals surface area contributed by atoms with E-state index in [1.807, 2.05) is 0 Å². The van der Waals surface area contributed by atoms with Crippen LogP contribution < -0.4 is 15.0 Å². The molecule has 33 heavy (non-hydrogen) atoms. The smallest absolute Gasteiger partial charge is 0.255 e. The van der Waals surface area contributed by atoms with Gasteiger partial charge in [-0.1, -0.05) is 26.5 Å². The quantitative estimate of drug-likeness (QED) is 0.533. The molecule has 8 nitrogen and oxygen atoms in total. The number of carbonyl (C=O) groups is 1. The molecule has 2 aromatic rings. The van der Waals surface area contributed by atoms with Gasteiger partial charge in [0.2, 0.25) is 10.0 Å². The minimum atomic E-state index is -3.67. The van der Waals surface area contributed by atoms with Crippen molar-refractivity contribution in [2.24, 2.45) is 0 Å². The van der Waals surface area contributed by atoms with Crippen LogP contribution in [0.3, 0.4) is 0 Å². The molecule has 1 N–H and O–H groups in total. The molecule has 0 aromatic heterocycles. The highest BCUT2D eigenvalue weighted by Gasteiger charge is 2.25. The molecule has 178 valence electrons. The molecule has 2 aromatic carbocycles. The summed E-state index contributed by atoms with van der Waals surface area (Å²) in [4.78, 5) is 15.2. The fourth-order valence-corrected chi connectivity index (χ4v) is 5.11. The average Bonchev–Trinajstić information content (AvgIpc) is 2.84. The largest absolute Gasteiger partial charge is 0.490 e. The average molecular weight is 474 g/mol. The summed E-state index contributed by atoms with van der Waals surface area (Å²) in [5.74, 6) is 0.296. The van der Waals surface area contributed by atoms with Crippen molar-refractivity contribution in [2.45, 2.75) is 18.7 Å². The monoisotopic (exact) mass is 473 g/mol. The second-order valence-electron chi connectivity index (χ2n) is 7.45. The number of anilines is 2. The lowest BCUT2D eigenvalue weighted by molar-refractivity contribution is 0.102. The molecule has 1 heterocycles. The van der Waals surface area contributed by atoms with E-state index >= 15 is 0 Å². The molecule has 0 atom stereocenters. The van der Waals surface area contributed by atoms with Gasteiger partial charge in [-0.3, -0.25) is 4.79 Å². The Morgan fingerprint density at radius 1 is 1.15 bits per heavy atom. The fourth-order valence-electron chi connectivity index (χ4n) is 3.62. The van der Waals surface area contributed by atoms with Crippen molar-refractivity contribution in [3.8, 4) is 5.75 Å². The summed E-state index contributed by atoms with van der Waals surface area (Å²) in [6, 6.07) is 11.6. The van der Waals surface area contributed by atoms with Gasteiger partial charge in [0, 0.05) is 31.7 Å². The van der Waals surface area contributed by atoms with Gasteiger partial charge in [-0.2, -0.15) is 4.31 Å². The number of benzene rings is 2. The number of rotatable bonds is 10. The predicted molar refractivity (Wildman–Crippen MR) is 130 cm³/mol. The summed E-state index contributed by atoms with van der Waals surface area (Å²) in [7, 11) is -3.67. The zero-order valence-corrected chi connectivity index (χ0v) is 19.9. The zero-order valence-electron chi connectivity index (χ0n) is 19.1. The Balaban J connectivity index is 1.92. The molecule has 1 aliphatic heterocycles. The summed E-state index contributed by atoms with van der Waals surface area (Å²) in [6.07, 6.45) is 1.65. The zero-order chi connectivity index (χ0) is 23.8. The highest BCUT2D eigenvalue weighted by Crippen LogP contribution is 2.31. The Morgan fingerprint density at radius 2 is 1.82 bits per heavy atom. The summed E-state index contributed by atoms with van der Waals surface area (Å²) in [5.41, 5.74) is 1.64. The molecule has 9 heteroatoms. The van der Waals surface area contributed by atoms with Crippen LogP contribution in [0.15, 0.2) is 60.0 Å². The van der Waals surface area contributed by atoms with Gasteiger partial charge in [0.1, 0.15) is 12.4 Å². The van der Waals surface area contributed by atoms with E-state index in [-0.39, 0.29) is 10.8 Å². The summed E-state index contributed by atoms with van der Waals surface area (Å²) in [6.45, 7) is 10.8. The number of ether oxygens (including phenoxy) is 2. The van der Waals surface area contributed by atoms with Crippen molar-refractivity contribution in [3.05, 3.63) is 60.7 Å². The summed E-state index contributed by atoms with van der Waals surface area (Å²) >= 11 is 0. The van der Waals surface area contributed by atoms with Crippen LogP contribution in [-0.4, -0.2) is 64.6 Å². The van der Waals surface area contributed by atoms with E-state index in [0.717, 1.165) is 5.69 Å². The molecule has 0 saturated carbocycles. The highest BCUT2D eigenvalue weighted by molar-refractivity contribution is 7.89. The van der Waals surface area contributed by atoms with Gasteiger partial charge in [-0.15, -0.1) is 0 Å². The van der Waals surface area contributed by atoms with E-state index in [0.29, 0.717) is 63.0 Å². The number of carbonyl (C=O) groups excluding carboxylic acids is 1. The first-order valence-corrected chi connectivity index (χ1v) is 12.5. The minimum Gasteiger partial charge on any atom is -0.490 e. The first kappa shape index (κ1) is 24.8. The van der Waals surface area contributed by atoms with Crippen molar-refractivity contribution in [2.75, 3.05) is 56.2 Å². The molecule has 1 fully saturated rings. The van der Waals surface area contributed by atoms with E-state index < -0.39 is 10.0 Å². The van der Waals surface area contributed by atoms with E-state index in [2.05, 4.69) is 16.8 Å². The number of sulfonamides is 1. The number of nitrogens with one attached hydrogen (secondary N) is 1. The molecule has 1 aliphatic rings. The Morgan fingerprint density at radius 3 is 2.42 bits per heavy atom. The predicted octanol–water partition coefficient (Wildman–Crippen LogP) is 3.37. The Hall–Kier alpha value is -2.88. The fraction of sp³-hybridized carbons (Fsp3) is 0.375. The number of hydrogen-bond donors (Lipinski definition) is 1. The lowest BCUT2D eigenvalue weighted by Gasteiger charge is -2.31. The Kier molecular flexibility index (Phi) is 8.49. The van der Waals surface area contributed by atoms with E-state index in [9.17, 15) is 13.2 Å². The number of nitrogens with zero attached hydrogens (tertiary/aromatic N) is 2. The SMILES string of the molecule is C=CCOc1ccc(C(=O)Nc2cc(S(=O)(=O)N(CC)CC)ccc2N2CCOCC2)cc1. The molecule has 1 saturated heterocycles. The van der Waals surface area contributed by atoms with Crippen LogP contribution in [0.1, 0.15) is 24.2 Å². The molecule has 1 amide bonds. The van der Waals surface area contributed by atoms with Crippen LogP contribution in [0.5, 0.6) is 5.75 Å². The molecule has 0 unspecified atom stereocenters. The van der Waals surface area contributed by atoms with Crippen LogP contribution in [0.25, 0.3) is 0 Å². The van der Waals surface area contributed by atoms with Crippen LogP contribution in [0, 0.1) is 0 Å². The Labute approximate surface area is 195 Å². The maximum Gasteiger partial charge on any atom is 0.255 e.